The summed E-state index contributed by atoms with van der Waals surface area (Å²) in [6.45, 7) is 4.55. The van der Waals surface area contributed by atoms with Crippen molar-refractivity contribution >= 4 is 40.6 Å². The van der Waals surface area contributed by atoms with E-state index in [1.807, 2.05) is 0 Å². The smallest absolute Gasteiger partial charge is 0.259 e. The number of carbonyl (C=O) groups excluding carboxylic acids is 1. The number of nitrogens with zero attached hydrogens (tertiary/aromatic N) is 5. The molecule has 1 aliphatic carbocycles. The van der Waals surface area contributed by atoms with Crippen molar-refractivity contribution < 1.29 is 4.79 Å². The lowest BCUT2D eigenvalue weighted by atomic mass is 9.72. The Hall–Kier alpha value is -1.65. The number of hydrogen-bond acceptors (Lipinski definition) is 7. The predicted molar refractivity (Wildman–Crippen MR) is 139 cm³/mol. The number of alkyl halides is 1. The first-order valence-corrected chi connectivity index (χ1v) is 13.6. The Kier molecular flexibility index (Phi) is 7.42. The molecule has 0 radical (unpaired) electrons. The van der Waals surface area contributed by atoms with Crippen LogP contribution >= 0.6 is 23.2 Å². The van der Waals surface area contributed by atoms with Crippen molar-refractivity contribution in [2.45, 2.75) is 67.9 Å². The van der Waals surface area contributed by atoms with Gasteiger partial charge < -0.3 is 21.3 Å². The molecule has 0 aromatic carbocycles. The molecule has 4 atom stereocenters. The molecule has 1 amide bonds. The number of piperazine rings is 1. The number of fused-ring (bicyclic) bond motifs is 3. The average Bonchev–Trinajstić information content (AvgIpc) is 3.16. The van der Waals surface area contributed by atoms with Gasteiger partial charge in [0.1, 0.15) is 5.56 Å². The second-order valence-corrected chi connectivity index (χ2v) is 11.2. The molecule has 35 heavy (non-hydrogen) atoms. The Morgan fingerprint density at radius 1 is 1.20 bits per heavy atom. The first-order valence-electron chi connectivity index (χ1n) is 12.8. The van der Waals surface area contributed by atoms with Gasteiger partial charge in [0.25, 0.3) is 5.91 Å². The molecular weight excluding hydrogens is 487 g/mol. The van der Waals surface area contributed by atoms with E-state index in [1.54, 1.807) is 6.20 Å². The number of nitrogens with one attached hydrogen (secondary N) is 2. The number of halogens is 2. The lowest BCUT2D eigenvalue weighted by Gasteiger charge is -2.58. The first kappa shape index (κ1) is 25.0. The fourth-order valence-corrected chi connectivity index (χ4v) is 7.04. The number of likely N-dealkylation sites (N-methyl/N-ethyl adjacent to an activating group) is 1. The zero-order valence-electron chi connectivity index (χ0n) is 20.3. The molecule has 2 aromatic rings. The number of carbonyl (C=O) groups is 1. The third-order valence-corrected chi connectivity index (χ3v) is 9.08. The lowest BCUT2D eigenvalue weighted by molar-refractivity contribution is -0.0196. The van der Waals surface area contributed by atoms with Crippen molar-refractivity contribution in [3.63, 3.8) is 0 Å². The Labute approximate surface area is 216 Å². The van der Waals surface area contributed by atoms with E-state index < -0.39 is 0 Å². The fourth-order valence-electron chi connectivity index (χ4n) is 6.28. The molecule has 5 rings (SSSR count). The molecule has 2 aliphatic heterocycles. The van der Waals surface area contributed by atoms with E-state index >= 15 is 0 Å². The SMILES string of the molecule is CN1CCN(C23CCCCCCCC(NCC2NC(=O)c2c(N)nn4cc(Cl)cnc24)C3Cl)CC1. The van der Waals surface area contributed by atoms with Crippen molar-refractivity contribution in [1.29, 1.82) is 0 Å². The lowest BCUT2D eigenvalue weighted by Crippen LogP contribution is -2.77. The van der Waals surface area contributed by atoms with Crippen LogP contribution in [0.25, 0.3) is 5.65 Å². The summed E-state index contributed by atoms with van der Waals surface area (Å²) in [7, 11) is 2.16. The van der Waals surface area contributed by atoms with Crippen LogP contribution in [-0.2, 0) is 0 Å². The summed E-state index contributed by atoms with van der Waals surface area (Å²) in [5, 5.41) is 11.6. The highest BCUT2D eigenvalue weighted by Crippen LogP contribution is 2.40. The van der Waals surface area contributed by atoms with Crippen molar-refractivity contribution in [3.8, 4) is 0 Å². The summed E-state index contributed by atoms with van der Waals surface area (Å²) in [6.07, 6.45) is 11.1. The van der Waals surface area contributed by atoms with Gasteiger partial charge in [0.15, 0.2) is 11.5 Å². The van der Waals surface area contributed by atoms with E-state index in [1.165, 1.54) is 36.4 Å². The number of aromatic nitrogens is 3. The Balaban J connectivity index is 1.49. The highest BCUT2D eigenvalue weighted by molar-refractivity contribution is 6.30. The highest BCUT2D eigenvalue weighted by Gasteiger charge is 2.55. The number of rotatable bonds is 3. The number of piperidine rings is 1. The molecule has 9 nitrogen and oxygen atoms in total. The number of amides is 1. The van der Waals surface area contributed by atoms with Crippen LogP contribution in [-0.4, -0.2) is 93.1 Å². The largest absolute Gasteiger partial charge is 0.381 e. The molecular formula is C24H36Cl2N8O. The molecule has 3 aliphatic rings. The van der Waals surface area contributed by atoms with Crippen LogP contribution in [0.15, 0.2) is 12.4 Å². The summed E-state index contributed by atoms with van der Waals surface area (Å²) < 4.78 is 1.46. The zero-order chi connectivity index (χ0) is 24.6. The Morgan fingerprint density at radius 3 is 2.74 bits per heavy atom. The molecule has 2 saturated heterocycles. The number of nitrogen functional groups attached to an aromatic ring is 1. The van der Waals surface area contributed by atoms with Crippen molar-refractivity contribution in [2.24, 2.45) is 0 Å². The van der Waals surface area contributed by atoms with Crippen LogP contribution < -0.4 is 16.4 Å². The van der Waals surface area contributed by atoms with Gasteiger partial charge in [0.05, 0.1) is 28.2 Å². The molecule has 4 unspecified atom stereocenters. The maximum atomic E-state index is 13.7. The van der Waals surface area contributed by atoms with Gasteiger partial charge in [-0.1, -0.05) is 43.7 Å². The molecule has 2 aromatic heterocycles. The van der Waals surface area contributed by atoms with Gasteiger partial charge in [-0.05, 0) is 19.9 Å². The van der Waals surface area contributed by atoms with Crippen LogP contribution in [0.1, 0.15) is 55.3 Å². The monoisotopic (exact) mass is 522 g/mol. The zero-order valence-corrected chi connectivity index (χ0v) is 21.9. The van der Waals surface area contributed by atoms with Crippen molar-refractivity contribution in [1.82, 2.24) is 35.0 Å². The molecule has 4 N–H and O–H groups in total. The maximum absolute atomic E-state index is 13.7. The topological polar surface area (TPSA) is 104 Å². The molecule has 4 heterocycles. The highest BCUT2D eigenvalue weighted by atomic mass is 35.5. The summed E-state index contributed by atoms with van der Waals surface area (Å²) >= 11 is 13.5. The van der Waals surface area contributed by atoms with E-state index in [0.717, 1.165) is 45.4 Å². The second kappa shape index (κ2) is 10.4. The summed E-state index contributed by atoms with van der Waals surface area (Å²) in [5.41, 5.74) is 6.52. The molecule has 1 saturated carbocycles. The normalized spacial score (nSPS) is 31.3. The van der Waals surface area contributed by atoms with E-state index in [2.05, 4.69) is 37.6 Å². The molecule has 192 valence electrons. The second-order valence-electron chi connectivity index (χ2n) is 10.3. The first-order chi connectivity index (χ1) is 16.9. The average molecular weight is 524 g/mol. The van der Waals surface area contributed by atoms with Crippen molar-refractivity contribution in [3.05, 3.63) is 23.0 Å². The number of nitrogens with two attached hydrogens (primary N) is 1. The van der Waals surface area contributed by atoms with E-state index in [0.29, 0.717) is 17.2 Å². The van der Waals surface area contributed by atoms with Crippen LogP contribution in [0.5, 0.6) is 0 Å². The minimum Gasteiger partial charge on any atom is -0.381 e. The third kappa shape index (κ3) is 4.73. The van der Waals surface area contributed by atoms with Gasteiger partial charge in [0, 0.05) is 45.0 Å². The number of anilines is 1. The fraction of sp³-hybridized carbons (Fsp3) is 0.708. The minimum absolute atomic E-state index is 0.110. The van der Waals surface area contributed by atoms with Gasteiger partial charge in [-0.2, -0.15) is 0 Å². The Morgan fingerprint density at radius 2 is 1.94 bits per heavy atom. The van der Waals surface area contributed by atoms with E-state index in [-0.39, 0.29) is 40.3 Å². The predicted octanol–water partition coefficient (Wildman–Crippen LogP) is 2.37. The van der Waals surface area contributed by atoms with Crippen LogP contribution in [0.3, 0.4) is 0 Å². The van der Waals surface area contributed by atoms with Gasteiger partial charge in [0.2, 0.25) is 0 Å². The van der Waals surface area contributed by atoms with Gasteiger partial charge in [-0.25, -0.2) is 9.50 Å². The minimum atomic E-state index is -0.333. The summed E-state index contributed by atoms with van der Waals surface area (Å²) in [5.74, 6) is -0.132. The summed E-state index contributed by atoms with van der Waals surface area (Å²) in [6, 6.07) is 0.0617. The van der Waals surface area contributed by atoms with Crippen LogP contribution in [0.4, 0.5) is 5.82 Å². The van der Waals surface area contributed by atoms with Crippen LogP contribution in [0.2, 0.25) is 5.02 Å². The number of hydrogen-bond donors (Lipinski definition) is 3. The molecule has 11 heteroatoms. The van der Waals surface area contributed by atoms with E-state index in [9.17, 15) is 4.79 Å². The van der Waals surface area contributed by atoms with Crippen LogP contribution in [0, 0.1) is 0 Å². The molecule has 0 spiro atoms. The van der Waals surface area contributed by atoms with Gasteiger partial charge >= 0.3 is 0 Å². The van der Waals surface area contributed by atoms with Crippen molar-refractivity contribution in [2.75, 3.05) is 45.5 Å². The standard InChI is InChI=1S/C24H36Cl2N8O/c1-32-9-11-33(12-10-32)24-8-6-4-2-3-5-7-17(20(24)26)28-14-18(24)30-23(35)19-21(27)31-34-15-16(25)13-29-22(19)34/h13,15,17-18,20,28H,2-12,14H2,1H3,(H2,27,31)(H,30,35). The van der Waals surface area contributed by atoms with E-state index in [4.69, 9.17) is 28.9 Å². The third-order valence-electron chi connectivity index (χ3n) is 8.20. The maximum Gasteiger partial charge on any atom is 0.259 e. The molecule has 2 bridgehead atoms. The summed E-state index contributed by atoms with van der Waals surface area (Å²) in [4.78, 5) is 23.0. The van der Waals surface area contributed by atoms with Gasteiger partial charge in [-0.15, -0.1) is 16.7 Å². The van der Waals surface area contributed by atoms with Gasteiger partial charge in [-0.3, -0.25) is 9.69 Å². The Bertz CT molecular complexity index is 1050. The quantitative estimate of drug-likeness (QED) is 0.531. The molecule has 3 fully saturated rings.